The zero-order chi connectivity index (χ0) is 24.4. The number of likely N-dealkylation sites (N-methyl/N-ethyl adjacent to an activating group) is 1. The SMILES string of the molecule is CN1C(=O)c2cc(NC(=O)C3CCOCC3)ccc2OC[C@H]2O[C@H](CC(=O)NCC3CC3)CC[C@@H]21. The van der Waals surface area contributed by atoms with Crippen molar-refractivity contribution in [2.45, 2.75) is 63.2 Å². The maximum absolute atomic E-state index is 13.4. The molecule has 4 aliphatic rings. The van der Waals surface area contributed by atoms with Crippen LogP contribution in [0.4, 0.5) is 5.69 Å². The molecular formula is C26H35N3O6. The fourth-order valence-electron chi connectivity index (χ4n) is 5.17. The fourth-order valence-corrected chi connectivity index (χ4v) is 5.17. The van der Waals surface area contributed by atoms with E-state index in [1.165, 1.54) is 12.8 Å². The molecule has 3 heterocycles. The summed E-state index contributed by atoms with van der Waals surface area (Å²) in [5.41, 5.74) is 1.01. The first-order chi connectivity index (χ1) is 17.0. The average molecular weight is 486 g/mol. The number of hydrogen-bond donors (Lipinski definition) is 2. The predicted octanol–water partition coefficient (Wildman–Crippen LogP) is 2.35. The minimum Gasteiger partial charge on any atom is -0.490 e. The molecule has 2 saturated heterocycles. The van der Waals surface area contributed by atoms with Crippen molar-refractivity contribution in [3.05, 3.63) is 23.8 Å². The highest BCUT2D eigenvalue weighted by molar-refractivity contribution is 6.00. The third-order valence-electron chi connectivity index (χ3n) is 7.57. The molecule has 9 nitrogen and oxygen atoms in total. The predicted molar refractivity (Wildman–Crippen MR) is 128 cm³/mol. The van der Waals surface area contributed by atoms with Crippen LogP contribution < -0.4 is 15.4 Å². The van der Waals surface area contributed by atoms with E-state index in [0.29, 0.717) is 68.4 Å². The highest BCUT2D eigenvalue weighted by Crippen LogP contribution is 2.33. The van der Waals surface area contributed by atoms with Crippen molar-refractivity contribution < 1.29 is 28.6 Å². The van der Waals surface area contributed by atoms with Crippen LogP contribution in [0.5, 0.6) is 5.75 Å². The van der Waals surface area contributed by atoms with Crippen LogP contribution in [-0.2, 0) is 19.1 Å². The Bertz CT molecular complexity index is 958. The molecule has 9 heteroatoms. The molecule has 3 fully saturated rings. The third-order valence-corrected chi connectivity index (χ3v) is 7.57. The van der Waals surface area contributed by atoms with Gasteiger partial charge in [0.25, 0.3) is 5.91 Å². The summed E-state index contributed by atoms with van der Waals surface area (Å²) in [4.78, 5) is 40.0. The second-order valence-corrected chi connectivity index (χ2v) is 10.2. The van der Waals surface area contributed by atoms with Gasteiger partial charge in [0.2, 0.25) is 11.8 Å². The Morgan fingerprint density at radius 2 is 1.89 bits per heavy atom. The third kappa shape index (κ3) is 5.78. The van der Waals surface area contributed by atoms with Gasteiger partial charge in [-0.25, -0.2) is 0 Å². The highest BCUT2D eigenvalue weighted by Gasteiger charge is 2.39. The number of amides is 3. The van der Waals surface area contributed by atoms with Crippen LogP contribution in [-0.4, -0.2) is 74.3 Å². The number of hydrogen-bond acceptors (Lipinski definition) is 6. The molecule has 5 rings (SSSR count). The molecule has 1 aliphatic carbocycles. The normalized spacial score (nSPS) is 27.1. The molecule has 35 heavy (non-hydrogen) atoms. The van der Waals surface area contributed by atoms with E-state index in [4.69, 9.17) is 14.2 Å². The van der Waals surface area contributed by atoms with Gasteiger partial charge in [0.05, 0.1) is 24.1 Å². The lowest BCUT2D eigenvalue weighted by atomic mass is 9.94. The Kier molecular flexibility index (Phi) is 7.24. The zero-order valence-electron chi connectivity index (χ0n) is 20.3. The molecule has 0 bridgehead atoms. The molecule has 1 saturated carbocycles. The molecule has 3 atom stereocenters. The fraction of sp³-hybridized carbons (Fsp3) is 0.654. The smallest absolute Gasteiger partial charge is 0.257 e. The van der Waals surface area contributed by atoms with Gasteiger partial charge < -0.3 is 29.7 Å². The van der Waals surface area contributed by atoms with Crippen molar-refractivity contribution in [1.82, 2.24) is 10.2 Å². The van der Waals surface area contributed by atoms with Gasteiger partial charge in [0.1, 0.15) is 18.5 Å². The van der Waals surface area contributed by atoms with Crippen molar-refractivity contribution in [3.63, 3.8) is 0 Å². The van der Waals surface area contributed by atoms with Gasteiger partial charge in [-0.1, -0.05) is 0 Å². The molecular weight excluding hydrogens is 450 g/mol. The summed E-state index contributed by atoms with van der Waals surface area (Å²) in [5.74, 6) is 0.846. The first kappa shape index (κ1) is 24.1. The van der Waals surface area contributed by atoms with Crippen molar-refractivity contribution in [2.75, 3.05) is 38.7 Å². The minimum atomic E-state index is -0.306. The molecule has 0 spiro atoms. The Balaban J connectivity index is 1.23. The second kappa shape index (κ2) is 10.5. The lowest BCUT2D eigenvalue weighted by molar-refractivity contribution is -0.134. The van der Waals surface area contributed by atoms with Crippen LogP contribution in [0.1, 0.15) is 55.3 Å². The standard InChI is InChI=1S/C26H35N3O6/c1-29-21-6-5-19(13-24(30)27-14-16-2-3-16)35-23(21)15-34-22-7-4-18(12-20(22)26(29)32)28-25(31)17-8-10-33-11-9-17/h4,7,12,16-17,19,21,23H,2-3,5-6,8-11,13-15H2,1H3,(H,27,30)(H,28,31)/t19-,21-,23+/m0/s1. The number of carbonyl (C=O) groups is 3. The van der Waals surface area contributed by atoms with Crippen molar-refractivity contribution in [2.24, 2.45) is 11.8 Å². The Morgan fingerprint density at radius 1 is 1.09 bits per heavy atom. The summed E-state index contributed by atoms with van der Waals surface area (Å²) < 4.78 is 17.6. The number of carbonyl (C=O) groups excluding carboxylic acids is 3. The molecule has 1 aromatic carbocycles. The molecule has 0 aromatic heterocycles. The zero-order valence-corrected chi connectivity index (χ0v) is 20.3. The first-order valence-electron chi connectivity index (χ1n) is 12.8. The van der Waals surface area contributed by atoms with Gasteiger partial charge in [-0.2, -0.15) is 0 Å². The van der Waals surface area contributed by atoms with Crippen LogP contribution in [0.15, 0.2) is 18.2 Å². The quantitative estimate of drug-likeness (QED) is 0.641. The Hall–Kier alpha value is -2.65. The van der Waals surface area contributed by atoms with Gasteiger partial charge in [-0.05, 0) is 62.6 Å². The summed E-state index contributed by atoms with van der Waals surface area (Å²) in [7, 11) is 1.79. The van der Waals surface area contributed by atoms with Gasteiger partial charge in [-0.3, -0.25) is 14.4 Å². The Labute approximate surface area is 205 Å². The minimum absolute atomic E-state index is 0.0252. The average Bonchev–Trinajstić information content (AvgIpc) is 3.70. The van der Waals surface area contributed by atoms with Gasteiger partial charge in [-0.15, -0.1) is 0 Å². The first-order valence-corrected chi connectivity index (χ1v) is 12.8. The van der Waals surface area contributed by atoms with E-state index in [9.17, 15) is 14.4 Å². The van der Waals surface area contributed by atoms with E-state index in [1.807, 2.05) is 0 Å². The van der Waals surface area contributed by atoms with Crippen LogP contribution in [0.3, 0.4) is 0 Å². The summed E-state index contributed by atoms with van der Waals surface area (Å²) >= 11 is 0. The van der Waals surface area contributed by atoms with E-state index in [2.05, 4.69) is 10.6 Å². The van der Waals surface area contributed by atoms with E-state index < -0.39 is 0 Å². The van der Waals surface area contributed by atoms with E-state index in [0.717, 1.165) is 13.0 Å². The van der Waals surface area contributed by atoms with Crippen molar-refractivity contribution in [3.8, 4) is 5.75 Å². The number of benzene rings is 1. The molecule has 0 unspecified atom stereocenters. The topological polar surface area (TPSA) is 106 Å². The van der Waals surface area contributed by atoms with Gasteiger partial charge in [0.15, 0.2) is 0 Å². The maximum atomic E-state index is 13.4. The maximum Gasteiger partial charge on any atom is 0.257 e. The molecule has 190 valence electrons. The Morgan fingerprint density at radius 3 is 2.66 bits per heavy atom. The highest BCUT2D eigenvalue weighted by atomic mass is 16.5. The van der Waals surface area contributed by atoms with Crippen molar-refractivity contribution >= 4 is 23.4 Å². The number of nitrogens with one attached hydrogen (secondary N) is 2. The molecule has 0 radical (unpaired) electrons. The van der Waals surface area contributed by atoms with Gasteiger partial charge >= 0.3 is 0 Å². The number of ether oxygens (including phenoxy) is 3. The van der Waals surface area contributed by atoms with Crippen LogP contribution >= 0.6 is 0 Å². The van der Waals surface area contributed by atoms with Crippen molar-refractivity contribution in [1.29, 1.82) is 0 Å². The molecule has 3 amide bonds. The van der Waals surface area contributed by atoms with Crippen LogP contribution in [0.25, 0.3) is 0 Å². The lowest BCUT2D eigenvalue weighted by Gasteiger charge is -2.42. The molecule has 3 aliphatic heterocycles. The summed E-state index contributed by atoms with van der Waals surface area (Å²) in [6.45, 7) is 2.24. The van der Waals surface area contributed by atoms with Gasteiger partial charge in [0, 0.05) is 38.4 Å². The lowest BCUT2D eigenvalue weighted by Crippen LogP contribution is -2.54. The van der Waals surface area contributed by atoms with Crippen LogP contribution in [0.2, 0.25) is 0 Å². The number of rotatable bonds is 6. The number of fused-ring (bicyclic) bond motifs is 2. The van der Waals surface area contributed by atoms with E-state index >= 15 is 0 Å². The summed E-state index contributed by atoms with van der Waals surface area (Å²) in [5, 5.41) is 5.96. The number of nitrogens with zero attached hydrogens (tertiary/aromatic N) is 1. The summed E-state index contributed by atoms with van der Waals surface area (Å²) in [6.07, 6.45) is 5.11. The largest absolute Gasteiger partial charge is 0.490 e. The van der Waals surface area contributed by atoms with E-state index in [1.54, 1.807) is 30.1 Å². The van der Waals surface area contributed by atoms with E-state index in [-0.39, 0.29) is 41.9 Å². The second-order valence-electron chi connectivity index (χ2n) is 10.2. The summed E-state index contributed by atoms with van der Waals surface area (Å²) in [6, 6.07) is 5.05. The molecule has 2 N–H and O–H groups in total. The monoisotopic (exact) mass is 485 g/mol. The number of anilines is 1. The van der Waals surface area contributed by atoms with Crippen LogP contribution in [0, 0.1) is 11.8 Å². The molecule has 1 aromatic rings.